The summed E-state index contributed by atoms with van der Waals surface area (Å²) >= 11 is 0. The molecule has 1 unspecified atom stereocenters. The molecular formula is C23H40N2O7. The fraction of sp³-hybridized carbons (Fsp3) is 0.826. The summed E-state index contributed by atoms with van der Waals surface area (Å²) in [6.45, 7) is 14.2. The molecule has 0 aromatic carbocycles. The molecule has 0 bridgehead atoms. The highest BCUT2D eigenvalue weighted by Gasteiger charge is 2.52. The number of methoxy groups -OCH3 is 1. The van der Waals surface area contributed by atoms with Gasteiger partial charge in [0.25, 0.3) is 0 Å². The molecule has 0 aliphatic carbocycles. The second kappa shape index (κ2) is 11.0. The van der Waals surface area contributed by atoms with Crippen LogP contribution in [0.5, 0.6) is 0 Å². The molecule has 0 spiro atoms. The van der Waals surface area contributed by atoms with Crippen LogP contribution in [0.3, 0.4) is 0 Å². The molecule has 0 aromatic heterocycles. The Morgan fingerprint density at radius 1 is 1.00 bits per heavy atom. The molecule has 1 saturated heterocycles. The quantitative estimate of drug-likeness (QED) is 0.463. The van der Waals surface area contributed by atoms with E-state index >= 15 is 0 Å². The number of carbonyl (C=O) groups is 4. The van der Waals surface area contributed by atoms with Crippen molar-refractivity contribution in [3.05, 3.63) is 0 Å². The molecular weight excluding hydrogens is 416 g/mol. The molecule has 1 heterocycles. The molecule has 2 amide bonds. The summed E-state index contributed by atoms with van der Waals surface area (Å²) in [5, 5.41) is 2.79. The lowest BCUT2D eigenvalue weighted by Crippen LogP contribution is -2.50. The summed E-state index contributed by atoms with van der Waals surface area (Å²) in [5.74, 6) is -1.97. The largest absolute Gasteiger partial charge is 0.469 e. The van der Waals surface area contributed by atoms with Crippen molar-refractivity contribution in [3.63, 3.8) is 0 Å². The van der Waals surface area contributed by atoms with Crippen LogP contribution in [0.4, 0.5) is 4.79 Å². The number of nitrogens with one attached hydrogen (secondary N) is 1. The summed E-state index contributed by atoms with van der Waals surface area (Å²) < 4.78 is 16.1. The number of esters is 2. The Balaban J connectivity index is 3.36. The van der Waals surface area contributed by atoms with E-state index in [9.17, 15) is 19.2 Å². The molecule has 1 aliphatic heterocycles. The first-order valence-electron chi connectivity index (χ1n) is 11.2. The van der Waals surface area contributed by atoms with Gasteiger partial charge in [0, 0.05) is 19.5 Å². The van der Waals surface area contributed by atoms with Gasteiger partial charge < -0.3 is 19.5 Å². The second-order valence-corrected chi connectivity index (χ2v) is 10.3. The Bertz CT molecular complexity index is 693. The van der Waals surface area contributed by atoms with Crippen LogP contribution in [-0.2, 0) is 28.6 Å². The number of rotatable bonds is 7. The van der Waals surface area contributed by atoms with Gasteiger partial charge in [-0.1, -0.05) is 13.3 Å². The first-order chi connectivity index (χ1) is 14.6. The normalized spacial score (nSPS) is 22.2. The van der Waals surface area contributed by atoms with Gasteiger partial charge >= 0.3 is 18.0 Å². The van der Waals surface area contributed by atoms with Gasteiger partial charge in [-0.05, 0) is 60.3 Å². The van der Waals surface area contributed by atoms with E-state index in [1.165, 1.54) is 18.9 Å². The molecule has 9 heteroatoms. The molecule has 1 fully saturated rings. The summed E-state index contributed by atoms with van der Waals surface area (Å²) in [4.78, 5) is 51.6. The van der Waals surface area contributed by atoms with E-state index in [2.05, 4.69) is 5.32 Å². The maximum absolute atomic E-state index is 13.2. The molecule has 184 valence electrons. The average molecular weight is 457 g/mol. The van der Waals surface area contributed by atoms with E-state index in [-0.39, 0.29) is 18.2 Å². The number of ether oxygens (including phenoxy) is 3. The molecule has 0 saturated carbocycles. The van der Waals surface area contributed by atoms with Gasteiger partial charge in [0.1, 0.15) is 17.2 Å². The zero-order valence-electron chi connectivity index (χ0n) is 20.9. The van der Waals surface area contributed by atoms with Crippen LogP contribution >= 0.6 is 0 Å². The molecule has 4 atom stereocenters. The first kappa shape index (κ1) is 27.7. The maximum atomic E-state index is 13.2. The van der Waals surface area contributed by atoms with Gasteiger partial charge in [0.05, 0.1) is 13.0 Å². The predicted octanol–water partition coefficient (Wildman–Crippen LogP) is 3.05. The second-order valence-electron chi connectivity index (χ2n) is 10.3. The van der Waals surface area contributed by atoms with Crippen molar-refractivity contribution in [1.29, 1.82) is 0 Å². The zero-order valence-corrected chi connectivity index (χ0v) is 20.9. The van der Waals surface area contributed by atoms with Crippen molar-refractivity contribution < 1.29 is 33.4 Å². The Morgan fingerprint density at radius 3 is 2.00 bits per heavy atom. The lowest BCUT2D eigenvalue weighted by Gasteiger charge is -2.34. The van der Waals surface area contributed by atoms with E-state index in [4.69, 9.17) is 14.2 Å². The monoisotopic (exact) mass is 456 g/mol. The van der Waals surface area contributed by atoms with Gasteiger partial charge in [-0.25, -0.2) is 9.59 Å². The lowest BCUT2D eigenvalue weighted by atomic mass is 9.89. The summed E-state index contributed by atoms with van der Waals surface area (Å²) in [5.41, 5.74) is -1.54. The molecule has 1 rings (SSSR count). The van der Waals surface area contributed by atoms with Gasteiger partial charge in [0.15, 0.2) is 0 Å². The minimum atomic E-state index is -0.976. The van der Waals surface area contributed by atoms with Crippen molar-refractivity contribution in [2.75, 3.05) is 13.7 Å². The standard InChI is InChI=1S/C23H40N2O7/c1-10-15(13-24-14(2)26)11-17-16(19(27)30-9)12-18(20(28)31-22(3,4)5)25(17)21(29)32-23(6,7)8/h15-18H,10-13H2,1-9H3,(H,24,26)/t15?,16-,17-,18-/m1/s1. The van der Waals surface area contributed by atoms with Gasteiger partial charge in [-0.15, -0.1) is 0 Å². The van der Waals surface area contributed by atoms with E-state index in [1.807, 2.05) is 6.92 Å². The smallest absolute Gasteiger partial charge is 0.411 e. The minimum Gasteiger partial charge on any atom is -0.469 e. The Morgan fingerprint density at radius 2 is 1.56 bits per heavy atom. The molecule has 1 N–H and O–H groups in total. The molecule has 0 radical (unpaired) electrons. The predicted molar refractivity (Wildman–Crippen MR) is 119 cm³/mol. The van der Waals surface area contributed by atoms with E-state index in [0.29, 0.717) is 19.4 Å². The van der Waals surface area contributed by atoms with Gasteiger partial charge in [-0.3, -0.25) is 14.5 Å². The highest BCUT2D eigenvalue weighted by Crippen LogP contribution is 2.37. The van der Waals surface area contributed by atoms with Crippen LogP contribution in [0.15, 0.2) is 0 Å². The van der Waals surface area contributed by atoms with Gasteiger partial charge in [-0.2, -0.15) is 0 Å². The SMILES string of the molecule is CCC(CNC(C)=O)C[C@@H]1[C@H](C(=O)OC)C[C@H](C(=O)OC(C)(C)C)N1C(=O)OC(C)(C)C. The number of hydrogen-bond donors (Lipinski definition) is 1. The summed E-state index contributed by atoms with van der Waals surface area (Å²) in [6, 6.07) is -1.61. The lowest BCUT2D eigenvalue weighted by molar-refractivity contribution is -0.160. The van der Waals surface area contributed by atoms with Crippen LogP contribution in [0.2, 0.25) is 0 Å². The third kappa shape index (κ3) is 8.31. The van der Waals surface area contributed by atoms with E-state index < -0.39 is 47.2 Å². The summed E-state index contributed by atoms with van der Waals surface area (Å²) in [7, 11) is 1.28. The van der Waals surface area contributed by atoms with Crippen molar-refractivity contribution in [2.24, 2.45) is 11.8 Å². The van der Waals surface area contributed by atoms with E-state index in [0.717, 1.165) is 0 Å². The number of likely N-dealkylation sites (tertiary alicyclic amines) is 1. The molecule has 1 aliphatic rings. The Hall–Kier alpha value is -2.32. The minimum absolute atomic E-state index is 0.0154. The van der Waals surface area contributed by atoms with Gasteiger partial charge in [0.2, 0.25) is 5.91 Å². The number of carbonyl (C=O) groups excluding carboxylic acids is 4. The molecule has 32 heavy (non-hydrogen) atoms. The third-order valence-electron chi connectivity index (χ3n) is 5.21. The van der Waals surface area contributed by atoms with E-state index in [1.54, 1.807) is 41.5 Å². The van der Waals surface area contributed by atoms with Crippen LogP contribution in [0.25, 0.3) is 0 Å². The van der Waals surface area contributed by atoms with Crippen molar-refractivity contribution >= 4 is 23.9 Å². The number of hydrogen-bond acceptors (Lipinski definition) is 7. The number of amides is 2. The van der Waals surface area contributed by atoms with Crippen molar-refractivity contribution in [3.8, 4) is 0 Å². The topological polar surface area (TPSA) is 111 Å². The number of nitrogens with zero attached hydrogens (tertiary/aromatic N) is 1. The zero-order chi connectivity index (χ0) is 24.9. The third-order valence-corrected chi connectivity index (χ3v) is 5.21. The highest BCUT2D eigenvalue weighted by atomic mass is 16.6. The maximum Gasteiger partial charge on any atom is 0.411 e. The average Bonchev–Trinajstić information content (AvgIpc) is 3.01. The Kier molecular flexibility index (Phi) is 9.53. The van der Waals surface area contributed by atoms with Crippen LogP contribution in [-0.4, -0.2) is 65.8 Å². The van der Waals surface area contributed by atoms with Crippen molar-refractivity contribution in [2.45, 2.75) is 97.9 Å². The first-order valence-corrected chi connectivity index (χ1v) is 11.2. The van der Waals surface area contributed by atoms with Crippen LogP contribution in [0.1, 0.15) is 74.7 Å². The van der Waals surface area contributed by atoms with Crippen molar-refractivity contribution in [1.82, 2.24) is 10.2 Å². The van der Waals surface area contributed by atoms with Crippen LogP contribution < -0.4 is 5.32 Å². The highest BCUT2D eigenvalue weighted by molar-refractivity contribution is 5.86. The van der Waals surface area contributed by atoms with Crippen LogP contribution in [0, 0.1) is 11.8 Å². The summed E-state index contributed by atoms with van der Waals surface area (Å²) in [6.07, 6.45) is 0.514. The fourth-order valence-electron chi connectivity index (χ4n) is 3.80. The fourth-order valence-corrected chi connectivity index (χ4v) is 3.80. The molecule has 0 aromatic rings. The Labute approximate surface area is 191 Å². The molecule has 9 nitrogen and oxygen atoms in total.